The van der Waals surface area contributed by atoms with E-state index in [9.17, 15) is 0 Å². The smallest absolute Gasteiger partial charge is 0.117 e. The third-order valence-electron chi connectivity index (χ3n) is 4.47. The van der Waals surface area contributed by atoms with Gasteiger partial charge in [0.1, 0.15) is 11.5 Å². The average Bonchev–Trinajstić information content (AvgIpc) is 2.98. The zero-order valence-electron chi connectivity index (χ0n) is 15.1. The van der Waals surface area contributed by atoms with Crippen molar-refractivity contribution in [2.45, 2.75) is 25.7 Å². The Bertz CT molecular complexity index is 928. The second-order valence-corrected chi connectivity index (χ2v) is 6.46. The molecule has 0 amide bonds. The first-order chi connectivity index (χ1) is 13.4. The maximum absolute atomic E-state index is 4.76. The topological polar surface area (TPSA) is 67.5 Å². The Hall–Kier alpha value is -3.28. The molecule has 0 radical (unpaired) electrons. The number of amidine groups is 1. The van der Waals surface area contributed by atoms with Gasteiger partial charge in [-0.2, -0.15) is 10.2 Å². The van der Waals surface area contributed by atoms with Crippen molar-refractivity contribution in [1.82, 2.24) is 20.2 Å². The molecule has 136 valence electrons. The molecule has 3 aromatic rings. The summed E-state index contributed by atoms with van der Waals surface area (Å²) in [7, 11) is 0. The van der Waals surface area contributed by atoms with Gasteiger partial charge in [0, 0.05) is 42.7 Å². The van der Waals surface area contributed by atoms with Crippen LogP contribution in [0.3, 0.4) is 0 Å². The highest BCUT2D eigenvalue weighted by Gasteiger charge is 2.11. The molecule has 27 heavy (non-hydrogen) atoms. The Labute approximate surface area is 158 Å². The summed E-state index contributed by atoms with van der Waals surface area (Å²) in [5.74, 6) is 0.960. The highest BCUT2D eigenvalue weighted by Crippen LogP contribution is 2.21. The van der Waals surface area contributed by atoms with Gasteiger partial charge in [-0.3, -0.25) is 15.4 Å². The van der Waals surface area contributed by atoms with Crippen LogP contribution in [0.25, 0.3) is 16.9 Å². The van der Waals surface area contributed by atoms with Gasteiger partial charge in [-0.25, -0.2) is 4.68 Å². The highest BCUT2D eigenvalue weighted by atomic mass is 15.3. The number of aromatic nitrogens is 3. The molecule has 0 atom stereocenters. The number of benzene rings is 1. The zero-order chi connectivity index (χ0) is 18.3. The van der Waals surface area contributed by atoms with E-state index < -0.39 is 0 Å². The first kappa shape index (κ1) is 17.1. The lowest BCUT2D eigenvalue weighted by Gasteiger charge is -2.02. The van der Waals surface area contributed by atoms with Crippen molar-refractivity contribution in [2.24, 2.45) is 10.1 Å². The summed E-state index contributed by atoms with van der Waals surface area (Å²) in [5.41, 5.74) is 6.84. The second-order valence-electron chi connectivity index (χ2n) is 6.46. The first-order valence-electron chi connectivity index (χ1n) is 9.28. The van der Waals surface area contributed by atoms with Crippen LogP contribution < -0.4 is 5.43 Å². The minimum Gasteiger partial charge on any atom is -0.271 e. The van der Waals surface area contributed by atoms with Crippen LogP contribution in [0.15, 0.2) is 71.1 Å². The fraction of sp³-hybridized carbons (Fsp3) is 0.238. The molecule has 1 aliphatic rings. The van der Waals surface area contributed by atoms with Gasteiger partial charge >= 0.3 is 0 Å². The van der Waals surface area contributed by atoms with E-state index in [4.69, 9.17) is 5.10 Å². The summed E-state index contributed by atoms with van der Waals surface area (Å²) in [5, 5.41) is 9.18. The number of hydrogen-bond acceptors (Lipinski definition) is 5. The number of aliphatic imine (C=N–C) groups is 1. The summed E-state index contributed by atoms with van der Waals surface area (Å²) in [6, 6.07) is 14.0. The van der Waals surface area contributed by atoms with Crippen molar-refractivity contribution in [1.29, 1.82) is 0 Å². The molecule has 0 aliphatic carbocycles. The van der Waals surface area contributed by atoms with E-state index in [0.29, 0.717) is 0 Å². The summed E-state index contributed by atoms with van der Waals surface area (Å²) in [6.45, 7) is 0.880. The normalized spacial score (nSPS) is 14.7. The third kappa shape index (κ3) is 4.28. The fourth-order valence-corrected chi connectivity index (χ4v) is 3.06. The molecular weight excluding hydrogens is 336 g/mol. The molecule has 0 fully saturated rings. The summed E-state index contributed by atoms with van der Waals surface area (Å²) in [4.78, 5) is 8.77. The van der Waals surface area contributed by atoms with Gasteiger partial charge in [-0.1, -0.05) is 24.6 Å². The van der Waals surface area contributed by atoms with Crippen LogP contribution >= 0.6 is 0 Å². The van der Waals surface area contributed by atoms with Gasteiger partial charge in [0.2, 0.25) is 0 Å². The molecule has 1 aromatic carbocycles. The number of hydrogen-bond donors (Lipinski definition) is 1. The molecule has 1 N–H and O–H groups in total. The van der Waals surface area contributed by atoms with E-state index in [1.165, 1.54) is 6.42 Å². The van der Waals surface area contributed by atoms with Crippen molar-refractivity contribution in [2.75, 3.05) is 6.54 Å². The Morgan fingerprint density at radius 3 is 2.81 bits per heavy atom. The molecular formula is C21H22N6. The molecule has 0 saturated carbocycles. The van der Waals surface area contributed by atoms with Crippen LogP contribution in [0, 0.1) is 0 Å². The van der Waals surface area contributed by atoms with Crippen LogP contribution in [0.1, 0.15) is 31.2 Å². The zero-order valence-corrected chi connectivity index (χ0v) is 15.1. The van der Waals surface area contributed by atoms with Crippen molar-refractivity contribution in [3.63, 3.8) is 0 Å². The molecule has 0 spiro atoms. The predicted octanol–water partition coefficient (Wildman–Crippen LogP) is 3.83. The van der Waals surface area contributed by atoms with E-state index >= 15 is 0 Å². The number of pyridine rings is 1. The number of nitrogens with one attached hydrogen (secondary N) is 1. The number of rotatable bonds is 4. The van der Waals surface area contributed by atoms with Gasteiger partial charge in [0.25, 0.3) is 0 Å². The van der Waals surface area contributed by atoms with Crippen molar-refractivity contribution in [3.05, 3.63) is 66.6 Å². The average molecular weight is 358 g/mol. The second kappa shape index (κ2) is 8.40. The van der Waals surface area contributed by atoms with Gasteiger partial charge in [0.15, 0.2) is 0 Å². The van der Waals surface area contributed by atoms with E-state index in [1.807, 2.05) is 65.8 Å². The van der Waals surface area contributed by atoms with Crippen LogP contribution in [-0.4, -0.2) is 33.4 Å². The van der Waals surface area contributed by atoms with Gasteiger partial charge in [0.05, 0.1) is 11.9 Å². The van der Waals surface area contributed by atoms with Crippen LogP contribution in [-0.2, 0) is 0 Å². The summed E-state index contributed by atoms with van der Waals surface area (Å²) in [6.07, 6.45) is 11.9. The van der Waals surface area contributed by atoms with E-state index in [1.54, 1.807) is 6.20 Å². The number of hydrazone groups is 1. The van der Waals surface area contributed by atoms with Gasteiger partial charge in [-0.05, 0) is 37.1 Å². The lowest BCUT2D eigenvalue weighted by atomic mass is 10.1. The third-order valence-corrected chi connectivity index (χ3v) is 4.47. The van der Waals surface area contributed by atoms with E-state index in [-0.39, 0.29) is 0 Å². The Kier molecular flexibility index (Phi) is 5.34. The largest absolute Gasteiger partial charge is 0.271 e. The summed E-state index contributed by atoms with van der Waals surface area (Å²) < 4.78 is 1.87. The lowest BCUT2D eigenvalue weighted by Crippen LogP contribution is -2.17. The predicted molar refractivity (Wildman–Crippen MR) is 108 cm³/mol. The van der Waals surface area contributed by atoms with Crippen LogP contribution in [0.5, 0.6) is 0 Å². The maximum Gasteiger partial charge on any atom is 0.117 e. The standard InChI is InChI=1S/C21H22N6/c1-3-9-19(10-4-1)27-16-18(21(26-27)17-8-7-12-22-14-17)15-24-25-20-11-5-2-6-13-23-20/h1,3-4,7-10,12,14-16H,2,5-6,11,13H2,(H,23,25)/b24-15+. The monoisotopic (exact) mass is 358 g/mol. The Balaban J connectivity index is 1.63. The molecule has 6 heteroatoms. The molecule has 4 rings (SSSR count). The molecule has 0 saturated heterocycles. The number of nitrogens with zero attached hydrogens (tertiary/aromatic N) is 5. The van der Waals surface area contributed by atoms with Crippen molar-refractivity contribution in [3.8, 4) is 16.9 Å². The first-order valence-corrected chi connectivity index (χ1v) is 9.28. The van der Waals surface area contributed by atoms with Gasteiger partial charge in [-0.15, -0.1) is 0 Å². The van der Waals surface area contributed by atoms with Crippen molar-refractivity contribution < 1.29 is 0 Å². The van der Waals surface area contributed by atoms with Crippen LogP contribution in [0.2, 0.25) is 0 Å². The molecule has 3 heterocycles. The molecule has 0 unspecified atom stereocenters. The van der Waals surface area contributed by atoms with Crippen molar-refractivity contribution >= 4 is 12.1 Å². The maximum atomic E-state index is 4.76. The summed E-state index contributed by atoms with van der Waals surface area (Å²) >= 11 is 0. The fourth-order valence-electron chi connectivity index (χ4n) is 3.06. The minimum absolute atomic E-state index is 0.848. The minimum atomic E-state index is 0.848. The Morgan fingerprint density at radius 2 is 1.96 bits per heavy atom. The SMILES string of the molecule is C(=N\NC1=NCCCCC1)/c1cn(-c2ccccc2)nc1-c1cccnc1. The molecule has 1 aliphatic heterocycles. The number of para-hydroxylation sites is 1. The Morgan fingerprint density at radius 1 is 1.04 bits per heavy atom. The lowest BCUT2D eigenvalue weighted by molar-refractivity contribution is 0.729. The quantitative estimate of drug-likeness (QED) is 0.569. The van der Waals surface area contributed by atoms with E-state index in [0.717, 1.165) is 54.2 Å². The molecule has 2 aromatic heterocycles. The van der Waals surface area contributed by atoms with Gasteiger partial charge < -0.3 is 0 Å². The highest BCUT2D eigenvalue weighted by molar-refractivity contribution is 5.90. The van der Waals surface area contributed by atoms with Crippen LogP contribution in [0.4, 0.5) is 0 Å². The molecule has 0 bridgehead atoms. The molecule has 6 nitrogen and oxygen atoms in total. The van der Waals surface area contributed by atoms with E-state index in [2.05, 4.69) is 20.5 Å².